The summed E-state index contributed by atoms with van der Waals surface area (Å²) in [6.45, 7) is 1.77. The van der Waals surface area contributed by atoms with E-state index in [0.29, 0.717) is 33.2 Å². The predicted octanol–water partition coefficient (Wildman–Crippen LogP) is 2.60. The summed E-state index contributed by atoms with van der Waals surface area (Å²) in [5.74, 6) is -0.946. The third-order valence-corrected chi connectivity index (χ3v) is 4.59. The van der Waals surface area contributed by atoms with Crippen molar-refractivity contribution in [3.63, 3.8) is 0 Å². The minimum Gasteiger partial charge on any atom is -0.358 e. The van der Waals surface area contributed by atoms with Crippen LogP contribution >= 0.6 is 11.6 Å². The van der Waals surface area contributed by atoms with Crippen LogP contribution in [0.2, 0.25) is 5.02 Å². The number of nitrogens with zero attached hydrogens (tertiary/aromatic N) is 4. The van der Waals surface area contributed by atoms with Gasteiger partial charge in [-0.1, -0.05) is 29.8 Å². The van der Waals surface area contributed by atoms with Gasteiger partial charge in [-0.15, -0.1) is 5.10 Å². The van der Waals surface area contributed by atoms with Crippen LogP contribution in [-0.2, 0) is 11.3 Å². The summed E-state index contributed by atoms with van der Waals surface area (Å²) < 4.78 is 1.47. The number of aromatic amines is 1. The van der Waals surface area contributed by atoms with Gasteiger partial charge in [-0.25, -0.2) is 0 Å². The number of para-hydroxylation sites is 1. The molecule has 1 amide bonds. The van der Waals surface area contributed by atoms with Crippen molar-refractivity contribution in [2.45, 2.75) is 13.5 Å². The van der Waals surface area contributed by atoms with Gasteiger partial charge in [0, 0.05) is 21.6 Å². The van der Waals surface area contributed by atoms with Crippen LogP contribution in [0.5, 0.6) is 0 Å². The monoisotopic (exact) mass is 394 g/mol. The zero-order valence-corrected chi connectivity index (χ0v) is 15.6. The van der Waals surface area contributed by atoms with Crippen LogP contribution in [0.15, 0.2) is 48.5 Å². The maximum atomic E-state index is 12.7. The summed E-state index contributed by atoms with van der Waals surface area (Å²) in [4.78, 5) is 28.3. The highest BCUT2D eigenvalue weighted by Gasteiger charge is 2.23. The summed E-state index contributed by atoms with van der Waals surface area (Å²) in [6.07, 6.45) is 0. The quantitative estimate of drug-likeness (QED) is 0.400. The summed E-state index contributed by atoms with van der Waals surface area (Å²) in [5, 5.41) is 15.4. The molecule has 2 aromatic heterocycles. The van der Waals surface area contributed by atoms with E-state index in [9.17, 15) is 9.59 Å². The summed E-state index contributed by atoms with van der Waals surface area (Å²) >= 11 is 5.90. The number of benzene rings is 2. The van der Waals surface area contributed by atoms with Gasteiger partial charge in [0.15, 0.2) is 5.82 Å². The van der Waals surface area contributed by atoms with Crippen molar-refractivity contribution in [3.05, 3.63) is 70.6 Å². The molecule has 4 rings (SSSR count). The Bertz CT molecular complexity index is 1180. The highest BCUT2D eigenvalue weighted by molar-refractivity contribution is 6.45. The minimum absolute atomic E-state index is 0.00159. The fourth-order valence-electron chi connectivity index (χ4n) is 3.02. The van der Waals surface area contributed by atoms with Gasteiger partial charge in [-0.05, 0) is 47.7 Å². The maximum Gasteiger partial charge on any atom is 0.292 e. The van der Waals surface area contributed by atoms with Gasteiger partial charge in [0.05, 0.1) is 17.8 Å². The van der Waals surface area contributed by atoms with E-state index in [0.717, 1.165) is 5.52 Å². The Kier molecular flexibility index (Phi) is 4.62. The number of aromatic nitrogens is 5. The molecule has 0 unspecified atom stereocenters. The third kappa shape index (κ3) is 3.25. The molecule has 0 bridgehead atoms. The second kappa shape index (κ2) is 7.24. The molecule has 2 N–H and O–H groups in total. The number of amides is 1. The van der Waals surface area contributed by atoms with Crippen molar-refractivity contribution >= 4 is 34.2 Å². The number of carbonyl (C=O) groups is 2. The molecule has 28 heavy (non-hydrogen) atoms. The van der Waals surface area contributed by atoms with Crippen LogP contribution in [0.1, 0.15) is 21.9 Å². The van der Waals surface area contributed by atoms with Crippen LogP contribution < -0.4 is 5.32 Å². The first-order chi connectivity index (χ1) is 13.5. The molecule has 0 radical (unpaired) electrons. The number of Topliss-reactive ketones (excluding diaryl/α,β-unsaturated/α-hetero) is 1. The van der Waals surface area contributed by atoms with Crippen LogP contribution in [0.4, 0.5) is 0 Å². The van der Waals surface area contributed by atoms with Gasteiger partial charge in [-0.3, -0.25) is 9.59 Å². The molecular weight excluding hydrogens is 380 g/mol. The van der Waals surface area contributed by atoms with Gasteiger partial charge in [-0.2, -0.15) is 4.68 Å². The standard InChI is InChI=1S/C19H15ClN6O2/c1-11-17(14-4-2-3-5-15(14)22-11)18(27)19(28)21-10-16-23-24-25-26(16)13-8-6-12(20)7-9-13/h2-9,22H,10H2,1H3,(H,21,28). The highest BCUT2D eigenvalue weighted by Crippen LogP contribution is 2.22. The molecule has 140 valence electrons. The van der Waals surface area contributed by atoms with Crippen molar-refractivity contribution in [2.75, 3.05) is 0 Å². The van der Waals surface area contributed by atoms with E-state index in [-0.39, 0.29) is 6.54 Å². The number of tetrazole rings is 1. The Morgan fingerprint density at radius 2 is 1.89 bits per heavy atom. The number of hydrogen-bond acceptors (Lipinski definition) is 5. The number of hydrogen-bond donors (Lipinski definition) is 2. The fourth-order valence-corrected chi connectivity index (χ4v) is 3.15. The molecule has 0 spiro atoms. The Hall–Kier alpha value is -3.52. The zero-order chi connectivity index (χ0) is 19.7. The molecule has 0 aliphatic rings. The molecule has 2 heterocycles. The lowest BCUT2D eigenvalue weighted by Crippen LogP contribution is -2.31. The fraction of sp³-hybridized carbons (Fsp3) is 0.105. The smallest absolute Gasteiger partial charge is 0.292 e. The summed E-state index contributed by atoms with van der Waals surface area (Å²) in [5.41, 5.74) is 2.51. The highest BCUT2D eigenvalue weighted by atomic mass is 35.5. The van der Waals surface area contributed by atoms with E-state index in [1.807, 2.05) is 18.2 Å². The number of halogens is 1. The van der Waals surface area contributed by atoms with Crippen LogP contribution in [0.3, 0.4) is 0 Å². The Morgan fingerprint density at radius 1 is 1.14 bits per heavy atom. The Labute approximate surface area is 164 Å². The molecule has 2 aromatic carbocycles. The first kappa shape index (κ1) is 17.9. The SMILES string of the molecule is Cc1[nH]c2ccccc2c1C(=O)C(=O)NCc1nnnn1-c1ccc(Cl)cc1. The molecule has 0 saturated heterocycles. The van der Waals surface area contributed by atoms with Crippen molar-refractivity contribution < 1.29 is 9.59 Å². The zero-order valence-electron chi connectivity index (χ0n) is 14.8. The number of nitrogens with one attached hydrogen (secondary N) is 2. The number of carbonyl (C=O) groups excluding carboxylic acids is 2. The van der Waals surface area contributed by atoms with Crippen molar-refractivity contribution in [1.82, 2.24) is 30.5 Å². The molecule has 0 fully saturated rings. The van der Waals surface area contributed by atoms with Crippen LogP contribution in [-0.4, -0.2) is 36.9 Å². The molecule has 0 saturated carbocycles. The number of ketones is 1. The van der Waals surface area contributed by atoms with Gasteiger partial charge in [0.1, 0.15) is 0 Å². The van der Waals surface area contributed by atoms with Crippen molar-refractivity contribution in [1.29, 1.82) is 0 Å². The first-order valence-electron chi connectivity index (χ1n) is 8.47. The minimum atomic E-state index is -0.724. The Balaban J connectivity index is 1.52. The summed E-state index contributed by atoms with van der Waals surface area (Å²) in [6, 6.07) is 14.3. The number of rotatable bonds is 5. The van der Waals surface area contributed by atoms with E-state index >= 15 is 0 Å². The topological polar surface area (TPSA) is 106 Å². The molecular formula is C19H15ClN6O2. The van der Waals surface area contributed by atoms with E-state index in [4.69, 9.17) is 11.6 Å². The lowest BCUT2D eigenvalue weighted by molar-refractivity contribution is -0.117. The average molecular weight is 395 g/mol. The Morgan fingerprint density at radius 3 is 2.68 bits per heavy atom. The normalized spacial score (nSPS) is 10.9. The molecule has 0 aliphatic carbocycles. The van der Waals surface area contributed by atoms with Crippen molar-refractivity contribution in [3.8, 4) is 5.69 Å². The lowest BCUT2D eigenvalue weighted by atomic mass is 10.1. The van der Waals surface area contributed by atoms with Crippen LogP contribution in [0, 0.1) is 6.92 Å². The van der Waals surface area contributed by atoms with E-state index in [2.05, 4.69) is 25.8 Å². The van der Waals surface area contributed by atoms with E-state index in [1.54, 1.807) is 37.3 Å². The first-order valence-corrected chi connectivity index (χ1v) is 8.85. The van der Waals surface area contributed by atoms with Gasteiger partial charge in [0.2, 0.25) is 0 Å². The molecule has 9 heteroatoms. The summed E-state index contributed by atoms with van der Waals surface area (Å²) in [7, 11) is 0. The van der Waals surface area contributed by atoms with Gasteiger partial charge < -0.3 is 10.3 Å². The lowest BCUT2D eigenvalue weighted by Gasteiger charge is -2.06. The van der Waals surface area contributed by atoms with E-state index in [1.165, 1.54) is 4.68 Å². The van der Waals surface area contributed by atoms with Crippen molar-refractivity contribution in [2.24, 2.45) is 0 Å². The van der Waals surface area contributed by atoms with Crippen LogP contribution in [0.25, 0.3) is 16.6 Å². The number of aryl methyl sites for hydroxylation is 1. The second-order valence-corrected chi connectivity index (χ2v) is 6.60. The molecule has 4 aromatic rings. The molecule has 0 aliphatic heterocycles. The van der Waals surface area contributed by atoms with E-state index < -0.39 is 11.7 Å². The third-order valence-electron chi connectivity index (χ3n) is 4.34. The second-order valence-electron chi connectivity index (χ2n) is 6.17. The molecule has 8 nitrogen and oxygen atoms in total. The predicted molar refractivity (Wildman–Crippen MR) is 103 cm³/mol. The van der Waals surface area contributed by atoms with Gasteiger partial charge >= 0.3 is 0 Å². The number of fused-ring (bicyclic) bond motifs is 1. The average Bonchev–Trinajstić information content (AvgIpc) is 3.29. The van der Waals surface area contributed by atoms with Gasteiger partial charge in [0.25, 0.3) is 11.7 Å². The molecule has 0 atom stereocenters. The number of H-pyrrole nitrogens is 1. The maximum absolute atomic E-state index is 12.7. The largest absolute Gasteiger partial charge is 0.358 e.